The van der Waals surface area contributed by atoms with Crippen molar-refractivity contribution in [3.8, 4) is 0 Å². The van der Waals surface area contributed by atoms with Gasteiger partial charge in [-0.15, -0.1) is 0 Å². The first-order chi connectivity index (χ1) is 9.65. The zero-order valence-electron chi connectivity index (χ0n) is 11.6. The SMILES string of the molecule is NNC(Cc1ccc(Cl)c(Cl)c1)CC1CC2CCC1C2. The van der Waals surface area contributed by atoms with Gasteiger partial charge in [-0.2, -0.15) is 0 Å². The molecule has 2 aliphatic rings. The fourth-order valence-corrected chi connectivity index (χ4v) is 4.51. The zero-order chi connectivity index (χ0) is 14.1. The molecule has 4 unspecified atom stereocenters. The molecule has 0 aliphatic heterocycles. The number of hydrogen-bond donors (Lipinski definition) is 2. The summed E-state index contributed by atoms with van der Waals surface area (Å²) in [6, 6.07) is 6.19. The second-order valence-electron chi connectivity index (χ2n) is 6.49. The second-order valence-corrected chi connectivity index (χ2v) is 7.30. The molecule has 2 fully saturated rings. The predicted molar refractivity (Wildman–Crippen MR) is 84.8 cm³/mol. The molecule has 2 bridgehead atoms. The van der Waals surface area contributed by atoms with Crippen molar-refractivity contribution in [3.05, 3.63) is 33.8 Å². The molecule has 20 heavy (non-hydrogen) atoms. The van der Waals surface area contributed by atoms with Crippen LogP contribution in [0.15, 0.2) is 18.2 Å². The highest BCUT2D eigenvalue weighted by atomic mass is 35.5. The number of rotatable bonds is 5. The van der Waals surface area contributed by atoms with E-state index in [2.05, 4.69) is 5.43 Å². The van der Waals surface area contributed by atoms with Crippen LogP contribution in [0.2, 0.25) is 10.0 Å². The Labute approximate surface area is 131 Å². The number of fused-ring (bicyclic) bond motifs is 2. The molecule has 0 heterocycles. The Kier molecular flexibility index (Phi) is 4.56. The molecule has 1 aromatic rings. The van der Waals surface area contributed by atoms with Crippen LogP contribution in [0, 0.1) is 17.8 Å². The lowest BCUT2D eigenvalue weighted by Gasteiger charge is -2.26. The van der Waals surface area contributed by atoms with Gasteiger partial charge in [-0.05, 0) is 67.6 Å². The van der Waals surface area contributed by atoms with E-state index < -0.39 is 0 Å². The van der Waals surface area contributed by atoms with Crippen LogP contribution in [0.3, 0.4) is 0 Å². The third-order valence-electron chi connectivity index (χ3n) is 5.17. The summed E-state index contributed by atoms with van der Waals surface area (Å²) in [6.07, 6.45) is 7.84. The lowest BCUT2D eigenvalue weighted by molar-refractivity contribution is 0.277. The molecule has 3 N–H and O–H groups in total. The first-order valence-corrected chi connectivity index (χ1v) is 8.31. The predicted octanol–water partition coefficient (Wildman–Crippen LogP) is 4.19. The normalized spacial score (nSPS) is 29.9. The monoisotopic (exact) mass is 312 g/mol. The van der Waals surface area contributed by atoms with Crippen LogP contribution in [0.1, 0.15) is 37.7 Å². The van der Waals surface area contributed by atoms with Gasteiger partial charge < -0.3 is 0 Å². The van der Waals surface area contributed by atoms with Crippen LogP contribution in [0.4, 0.5) is 0 Å². The van der Waals surface area contributed by atoms with Crippen LogP contribution in [0.5, 0.6) is 0 Å². The van der Waals surface area contributed by atoms with Gasteiger partial charge >= 0.3 is 0 Å². The zero-order valence-corrected chi connectivity index (χ0v) is 13.1. The van der Waals surface area contributed by atoms with E-state index in [9.17, 15) is 0 Å². The molecular weight excluding hydrogens is 291 g/mol. The highest BCUT2D eigenvalue weighted by molar-refractivity contribution is 6.42. The van der Waals surface area contributed by atoms with Gasteiger partial charge in [0.2, 0.25) is 0 Å². The van der Waals surface area contributed by atoms with Crippen molar-refractivity contribution in [2.24, 2.45) is 23.6 Å². The Balaban J connectivity index is 1.60. The van der Waals surface area contributed by atoms with Crippen molar-refractivity contribution in [1.29, 1.82) is 0 Å². The van der Waals surface area contributed by atoms with Crippen LogP contribution in [-0.4, -0.2) is 6.04 Å². The minimum atomic E-state index is 0.330. The van der Waals surface area contributed by atoms with E-state index in [1.54, 1.807) is 0 Å². The Morgan fingerprint density at radius 1 is 1.20 bits per heavy atom. The van der Waals surface area contributed by atoms with E-state index in [4.69, 9.17) is 29.0 Å². The first kappa shape index (κ1) is 14.6. The molecule has 2 nitrogen and oxygen atoms in total. The van der Waals surface area contributed by atoms with Crippen LogP contribution < -0.4 is 11.3 Å². The van der Waals surface area contributed by atoms with Crippen molar-refractivity contribution in [1.82, 2.24) is 5.43 Å². The minimum Gasteiger partial charge on any atom is -0.271 e. The summed E-state index contributed by atoms with van der Waals surface area (Å²) in [7, 11) is 0. The molecule has 4 atom stereocenters. The molecule has 1 aromatic carbocycles. The molecule has 3 rings (SSSR count). The maximum atomic E-state index is 6.08. The molecule has 2 aliphatic carbocycles. The van der Waals surface area contributed by atoms with E-state index in [1.165, 1.54) is 37.7 Å². The number of nitrogens with two attached hydrogens (primary N) is 1. The fraction of sp³-hybridized carbons (Fsp3) is 0.625. The summed E-state index contributed by atoms with van der Waals surface area (Å²) in [4.78, 5) is 0. The van der Waals surface area contributed by atoms with E-state index >= 15 is 0 Å². The number of benzene rings is 1. The van der Waals surface area contributed by atoms with E-state index in [0.29, 0.717) is 16.1 Å². The summed E-state index contributed by atoms with van der Waals surface area (Å²) in [5, 5.41) is 1.24. The van der Waals surface area contributed by atoms with Gasteiger partial charge in [0.25, 0.3) is 0 Å². The van der Waals surface area contributed by atoms with Crippen molar-refractivity contribution in [2.45, 2.75) is 44.6 Å². The highest BCUT2D eigenvalue weighted by Crippen LogP contribution is 2.49. The van der Waals surface area contributed by atoms with E-state index in [-0.39, 0.29) is 0 Å². The average molecular weight is 313 g/mol. The van der Waals surface area contributed by atoms with Crippen molar-refractivity contribution < 1.29 is 0 Å². The number of nitrogens with one attached hydrogen (secondary N) is 1. The van der Waals surface area contributed by atoms with Gasteiger partial charge in [0.15, 0.2) is 0 Å². The first-order valence-electron chi connectivity index (χ1n) is 7.55. The van der Waals surface area contributed by atoms with Crippen molar-refractivity contribution in [2.75, 3.05) is 0 Å². The van der Waals surface area contributed by atoms with Gasteiger partial charge in [0.1, 0.15) is 0 Å². The summed E-state index contributed by atoms with van der Waals surface area (Å²) >= 11 is 12.0. The van der Waals surface area contributed by atoms with Gasteiger partial charge in [-0.25, -0.2) is 0 Å². The van der Waals surface area contributed by atoms with Crippen molar-refractivity contribution >= 4 is 23.2 Å². The topological polar surface area (TPSA) is 38.0 Å². The second kappa shape index (κ2) is 6.23. The van der Waals surface area contributed by atoms with Crippen molar-refractivity contribution in [3.63, 3.8) is 0 Å². The van der Waals surface area contributed by atoms with Crippen LogP contribution >= 0.6 is 23.2 Å². The number of hydrazine groups is 1. The summed E-state index contributed by atoms with van der Waals surface area (Å²) in [5.74, 6) is 8.56. The lowest BCUT2D eigenvalue weighted by Crippen LogP contribution is -2.39. The molecule has 4 heteroatoms. The molecule has 0 radical (unpaired) electrons. The molecule has 0 aromatic heterocycles. The minimum absolute atomic E-state index is 0.330. The molecule has 0 saturated heterocycles. The number of halogens is 2. The standard InChI is InChI=1S/C16H22Cl2N2/c17-15-4-2-11(8-16(15)18)7-14(20-19)9-13-6-10-1-3-12(13)5-10/h2,4,8,10,12-14,20H,1,3,5-7,9,19H2. The van der Waals surface area contributed by atoms with Gasteiger partial charge in [0.05, 0.1) is 10.0 Å². The van der Waals surface area contributed by atoms with E-state index in [1.807, 2.05) is 18.2 Å². The van der Waals surface area contributed by atoms with Gasteiger partial charge in [-0.1, -0.05) is 35.7 Å². The van der Waals surface area contributed by atoms with Gasteiger partial charge in [0, 0.05) is 6.04 Å². The molecule has 110 valence electrons. The number of hydrogen-bond acceptors (Lipinski definition) is 2. The van der Waals surface area contributed by atoms with Gasteiger partial charge in [-0.3, -0.25) is 11.3 Å². The largest absolute Gasteiger partial charge is 0.271 e. The Bertz CT molecular complexity index is 478. The Morgan fingerprint density at radius 3 is 2.65 bits per heavy atom. The summed E-state index contributed by atoms with van der Waals surface area (Å²) < 4.78 is 0. The maximum Gasteiger partial charge on any atom is 0.0595 e. The average Bonchev–Trinajstić information content (AvgIpc) is 3.04. The smallest absolute Gasteiger partial charge is 0.0595 e. The van der Waals surface area contributed by atoms with Crippen LogP contribution in [-0.2, 0) is 6.42 Å². The highest BCUT2D eigenvalue weighted by Gasteiger charge is 2.39. The Hall–Kier alpha value is -0.280. The van der Waals surface area contributed by atoms with Crippen LogP contribution in [0.25, 0.3) is 0 Å². The third kappa shape index (κ3) is 3.14. The summed E-state index contributed by atoms with van der Waals surface area (Å²) in [6.45, 7) is 0. The molecular formula is C16H22Cl2N2. The van der Waals surface area contributed by atoms with E-state index in [0.717, 1.165) is 24.2 Å². The third-order valence-corrected chi connectivity index (χ3v) is 5.91. The molecule has 0 amide bonds. The lowest BCUT2D eigenvalue weighted by atomic mass is 9.83. The quantitative estimate of drug-likeness (QED) is 0.632. The molecule has 0 spiro atoms. The summed E-state index contributed by atoms with van der Waals surface area (Å²) in [5.41, 5.74) is 4.19. The molecule has 2 saturated carbocycles. The Morgan fingerprint density at radius 2 is 2.05 bits per heavy atom. The maximum absolute atomic E-state index is 6.08. The fourth-order valence-electron chi connectivity index (χ4n) is 4.19.